The van der Waals surface area contributed by atoms with Crippen LogP contribution in [0.2, 0.25) is 0 Å². The van der Waals surface area contributed by atoms with Crippen LogP contribution in [-0.4, -0.2) is 24.1 Å². The first-order valence-corrected chi connectivity index (χ1v) is 7.62. The maximum absolute atomic E-state index is 6.03. The van der Waals surface area contributed by atoms with Gasteiger partial charge in [0.1, 0.15) is 0 Å². The van der Waals surface area contributed by atoms with Gasteiger partial charge in [0.15, 0.2) is 0 Å². The molecule has 1 aliphatic rings. The summed E-state index contributed by atoms with van der Waals surface area (Å²) in [5, 5.41) is 4.17. The molecule has 0 aliphatic carbocycles. The molecule has 1 aromatic heterocycles. The van der Waals surface area contributed by atoms with Crippen LogP contribution in [0.1, 0.15) is 33.3 Å². The molecule has 5 heteroatoms. The van der Waals surface area contributed by atoms with Crippen molar-refractivity contribution in [1.82, 2.24) is 0 Å². The van der Waals surface area contributed by atoms with Crippen molar-refractivity contribution in [3.63, 3.8) is 0 Å². The highest BCUT2D eigenvalue weighted by Crippen LogP contribution is 2.39. The number of rotatable bonds is 3. The highest BCUT2D eigenvalue weighted by Gasteiger charge is 2.52. The fraction of sp³-hybridized carbons (Fsp3) is 0.538. The van der Waals surface area contributed by atoms with Gasteiger partial charge >= 0.3 is 7.12 Å². The van der Waals surface area contributed by atoms with Crippen molar-refractivity contribution in [3.8, 4) is 0 Å². The number of hydrogen-bond acceptors (Lipinski definition) is 4. The summed E-state index contributed by atoms with van der Waals surface area (Å²) in [6.07, 6.45) is 2.10. The predicted octanol–water partition coefficient (Wildman–Crippen LogP) is 3.69. The van der Waals surface area contributed by atoms with Crippen LogP contribution in [0.25, 0.3) is 6.08 Å². The van der Waals surface area contributed by atoms with Crippen LogP contribution >= 0.6 is 24.0 Å². The Balaban J connectivity index is 2.22. The van der Waals surface area contributed by atoms with Crippen LogP contribution in [0, 0.1) is 0 Å². The molecule has 0 aromatic carbocycles. The Hall–Kier alpha value is -0.225. The molecule has 0 bridgehead atoms. The quantitative estimate of drug-likeness (QED) is 0.673. The molecular formula is C13H19BO2S2. The van der Waals surface area contributed by atoms with Crippen molar-refractivity contribution >= 4 is 37.2 Å². The molecule has 2 heterocycles. The average Bonchev–Trinajstić information content (AvgIpc) is 2.82. The molecule has 0 amide bonds. The van der Waals surface area contributed by atoms with Crippen molar-refractivity contribution in [2.75, 3.05) is 5.75 Å². The summed E-state index contributed by atoms with van der Waals surface area (Å²) in [5.41, 5.74) is 1.65. The largest absolute Gasteiger partial charge is 0.491 e. The second-order valence-corrected chi connectivity index (χ2v) is 6.62. The second-order valence-electron chi connectivity index (χ2n) is 5.52. The van der Waals surface area contributed by atoms with Gasteiger partial charge in [-0.15, -0.1) is 0 Å². The van der Waals surface area contributed by atoms with E-state index in [4.69, 9.17) is 9.31 Å². The Morgan fingerprint density at radius 3 is 2.39 bits per heavy atom. The van der Waals surface area contributed by atoms with Crippen molar-refractivity contribution < 1.29 is 9.31 Å². The summed E-state index contributed by atoms with van der Waals surface area (Å²) in [6.45, 7) is 8.25. The molecule has 1 fully saturated rings. The zero-order valence-electron chi connectivity index (χ0n) is 11.3. The smallest absolute Gasteiger partial charge is 0.400 e. The molecule has 0 atom stereocenters. The third-order valence-electron chi connectivity index (χ3n) is 3.63. The first-order valence-electron chi connectivity index (χ1n) is 6.05. The molecule has 1 aromatic rings. The van der Waals surface area contributed by atoms with Gasteiger partial charge in [-0.05, 0) is 55.6 Å². The summed E-state index contributed by atoms with van der Waals surface area (Å²) in [4.78, 5) is 0. The van der Waals surface area contributed by atoms with Gasteiger partial charge in [-0.3, -0.25) is 0 Å². The SMILES string of the molecule is CC1(C)OB(C(=Cc2ccsc2)CS)OC1(C)C. The molecule has 0 radical (unpaired) electrons. The Morgan fingerprint density at radius 1 is 1.33 bits per heavy atom. The Labute approximate surface area is 119 Å². The van der Waals surface area contributed by atoms with E-state index in [9.17, 15) is 0 Å². The maximum Gasteiger partial charge on any atom is 0.491 e. The Kier molecular flexibility index (Phi) is 3.97. The Bertz CT molecular complexity index is 422. The van der Waals surface area contributed by atoms with Crippen molar-refractivity contribution in [3.05, 3.63) is 27.9 Å². The van der Waals surface area contributed by atoms with Gasteiger partial charge in [0.2, 0.25) is 0 Å². The Morgan fingerprint density at radius 2 is 1.94 bits per heavy atom. The lowest BCUT2D eigenvalue weighted by Crippen LogP contribution is -2.41. The van der Waals surface area contributed by atoms with E-state index in [2.05, 4.69) is 63.2 Å². The van der Waals surface area contributed by atoms with Crippen molar-refractivity contribution in [2.45, 2.75) is 38.9 Å². The van der Waals surface area contributed by atoms with Crippen LogP contribution < -0.4 is 0 Å². The second kappa shape index (κ2) is 5.04. The van der Waals surface area contributed by atoms with E-state index in [1.165, 1.54) is 5.56 Å². The summed E-state index contributed by atoms with van der Waals surface area (Å²) in [5.74, 6) is 0.632. The van der Waals surface area contributed by atoms with Gasteiger partial charge in [0.05, 0.1) is 11.2 Å². The van der Waals surface area contributed by atoms with E-state index < -0.39 is 0 Å². The van der Waals surface area contributed by atoms with Gasteiger partial charge < -0.3 is 9.31 Å². The minimum absolute atomic E-state index is 0.297. The molecule has 0 spiro atoms. The van der Waals surface area contributed by atoms with E-state index in [0.29, 0.717) is 5.75 Å². The third-order valence-corrected chi connectivity index (χ3v) is 4.70. The lowest BCUT2D eigenvalue weighted by molar-refractivity contribution is 0.00578. The van der Waals surface area contributed by atoms with Crippen LogP contribution in [0.3, 0.4) is 0 Å². The fourth-order valence-electron chi connectivity index (χ4n) is 1.75. The van der Waals surface area contributed by atoms with Gasteiger partial charge in [0.25, 0.3) is 0 Å². The topological polar surface area (TPSA) is 18.5 Å². The molecule has 2 rings (SSSR count). The minimum Gasteiger partial charge on any atom is -0.400 e. The normalized spacial score (nSPS) is 22.5. The molecule has 1 saturated heterocycles. The van der Waals surface area contributed by atoms with Gasteiger partial charge in [-0.25, -0.2) is 0 Å². The van der Waals surface area contributed by atoms with Crippen LogP contribution in [-0.2, 0) is 9.31 Å². The van der Waals surface area contributed by atoms with E-state index in [1.807, 2.05) is 0 Å². The van der Waals surface area contributed by atoms with Gasteiger partial charge in [0, 0.05) is 5.75 Å². The number of thiol groups is 1. The molecular weight excluding hydrogens is 263 g/mol. The van der Waals surface area contributed by atoms with Gasteiger partial charge in [-0.2, -0.15) is 24.0 Å². The summed E-state index contributed by atoms with van der Waals surface area (Å²) < 4.78 is 12.1. The number of hydrogen-bond donors (Lipinski definition) is 1. The molecule has 98 valence electrons. The van der Waals surface area contributed by atoms with Crippen LogP contribution in [0.15, 0.2) is 22.3 Å². The van der Waals surface area contributed by atoms with Crippen molar-refractivity contribution in [1.29, 1.82) is 0 Å². The molecule has 0 N–H and O–H groups in total. The number of thiophene rings is 1. The van der Waals surface area contributed by atoms with E-state index >= 15 is 0 Å². The van der Waals surface area contributed by atoms with Crippen LogP contribution in [0.4, 0.5) is 0 Å². The third kappa shape index (κ3) is 2.69. The standard InChI is InChI=1S/C13H19BO2S2/c1-12(2)13(3,4)16-14(15-12)11(8-17)7-10-5-6-18-9-10/h5-7,9,17H,8H2,1-4H3. The summed E-state index contributed by atoms with van der Waals surface area (Å²) >= 11 is 6.07. The lowest BCUT2D eigenvalue weighted by Gasteiger charge is -2.32. The van der Waals surface area contributed by atoms with E-state index in [0.717, 1.165) is 5.47 Å². The first-order chi connectivity index (χ1) is 8.36. The zero-order chi connectivity index (χ0) is 13.4. The molecule has 2 nitrogen and oxygen atoms in total. The molecule has 18 heavy (non-hydrogen) atoms. The summed E-state index contributed by atoms with van der Waals surface area (Å²) in [6, 6.07) is 2.08. The minimum atomic E-state index is -0.299. The molecule has 1 aliphatic heterocycles. The fourth-order valence-corrected chi connectivity index (χ4v) is 2.61. The monoisotopic (exact) mass is 282 g/mol. The summed E-state index contributed by atoms with van der Waals surface area (Å²) in [7, 11) is -0.299. The highest BCUT2D eigenvalue weighted by molar-refractivity contribution is 7.80. The maximum atomic E-state index is 6.03. The van der Waals surface area contributed by atoms with E-state index in [-0.39, 0.29) is 18.3 Å². The van der Waals surface area contributed by atoms with Crippen molar-refractivity contribution in [2.24, 2.45) is 0 Å². The predicted molar refractivity (Wildman–Crippen MR) is 82.2 cm³/mol. The first kappa shape index (κ1) is 14.2. The molecule has 0 saturated carbocycles. The zero-order valence-corrected chi connectivity index (χ0v) is 13.0. The lowest BCUT2D eigenvalue weighted by atomic mass is 9.78. The molecule has 0 unspecified atom stereocenters. The van der Waals surface area contributed by atoms with Crippen LogP contribution in [0.5, 0.6) is 0 Å². The highest BCUT2D eigenvalue weighted by atomic mass is 32.1. The van der Waals surface area contributed by atoms with Gasteiger partial charge in [-0.1, -0.05) is 6.08 Å². The van der Waals surface area contributed by atoms with E-state index in [1.54, 1.807) is 11.3 Å². The average molecular weight is 282 g/mol.